The molecule has 2 saturated heterocycles. The summed E-state index contributed by atoms with van der Waals surface area (Å²) in [7, 11) is 0. The zero-order chi connectivity index (χ0) is 27.7. The highest BCUT2D eigenvalue weighted by atomic mass is 19.4. The average Bonchev–Trinajstić information content (AvgIpc) is 3.31. The Balaban J connectivity index is 1.50. The number of ether oxygens (including phenoxy) is 2. The first kappa shape index (κ1) is 26.4. The third-order valence-electron chi connectivity index (χ3n) is 6.90. The summed E-state index contributed by atoms with van der Waals surface area (Å²) < 4.78 is 68.8. The largest absolute Gasteiger partial charge is 0.457 e. The normalized spacial score (nSPS) is 19.4. The van der Waals surface area contributed by atoms with Gasteiger partial charge in [0.25, 0.3) is 5.69 Å². The van der Waals surface area contributed by atoms with Crippen LogP contribution in [0.5, 0.6) is 11.5 Å². The van der Waals surface area contributed by atoms with Crippen molar-refractivity contribution < 1.29 is 36.8 Å². The van der Waals surface area contributed by atoms with Crippen molar-refractivity contribution in [2.75, 3.05) is 31.1 Å². The molecule has 2 atom stereocenters. The fraction of sp³-hybridized carbons (Fsp3) is 0.296. The molecule has 0 bridgehead atoms. The molecule has 2 aliphatic heterocycles. The van der Waals surface area contributed by atoms with Crippen molar-refractivity contribution in [3.8, 4) is 11.5 Å². The second-order valence-corrected chi connectivity index (χ2v) is 9.24. The Morgan fingerprint density at radius 3 is 2.36 bits per heavy atom. The molecule has 2 fully saturated rings. The predicted molar refractivity (Wildman–Crippen MR) is 132 cm³/mol. The maximum absolute atomic E-state index is 14.5. The van der Waals surface area contributed by atoms with E-state index in [2.05, 4.69) is 0 Å². The highest BCUT2D eigenvalue weighted by molar-refractivity contribution is 5.89. The lowest BCUT2D eigenvalue weighted by atomic mass is 10.0. The third kappa shape index (κ3) is 5.37. The zero-order valence-electron chi connectivity index (χ0n) is 20.4. The number of nitrogens with zero attached hydrogens (tertiary/aromatic N) is 3. The summed E-state index contributed by atoms with van der Waals surface area (Å²) in [6, 6.07) is 14.6. The van der Waals surface area contributed by atoms with Gasteiger partial charge in [0.1, 0.15) is 23.1 Å². The number of fused-ring (bicyclic) bond motifs is 1. The predicted octanol–water partition coefficient (Wildman–Crippen LogP) is 5.66. The lowest BCUT2D eigenvalue weighted by Crippen LogP contribution is -2.54. The number of nitro benzene ring substituents is 1. The highest BCUT2D eigenvalue weighted by Gasteiger charge is 2.46. The number of esters is 1. The van der Waals surface area contributed by atoms with Crippen molar-refractivity contribution in [3.05, 3.63) is 93.8 Å². The first-order valence-electron chi connectivity index (χ1n) is 12.2. The molecule has 204 valence electrons. The van der Waals surface area contributed by atoms with Crippen LogP contribution in [-0.4, -0.2) is 54.1 Å². The van der Waals surface area contributed by atoms with Gasteiger partial charge in [-0.1, -0.05) is 30.3 Å². The Hall–Kier alpha value is -4.19. The van der Waals surface area contributed by atoms with Crippen LogP contribution in [0.3, 0.4) is 0 Å². The van der Waals surface area contributed by atoms with Crippen LogP contribution in [0.1, 0.15) is 22.3 Å². The summed E-state index contributed by atoms with van der Waals surface area (Å²) in [5.74, 6) is -2.64. The topological polar surface area (TPSA) is 85.2 Å². The summed E-state index contributed by atoms with van der Waals surface area (Å²) in [6.07, 6.45) is -5.21. The quantitative estimate of drug-likeness (QED) is 0.171. The molecule has 0 radical (unpaired) electrons. The summed E-state index contributed by atoms with van der Waals surface area (Å²) >= 11 is 0. The van der Waals surface area contributed by atoms with E-state index in [-0.39, 0.29) is 13.1 Å². The Morgan fingerprint density at radius 1 is 0.949 bits per heavy atom. The molecule has 8 nitrogen and oxygen atoms in total. The molecule has 3 aromatic rings. The van der Waals surface area contributed by atoms with Crippen LogP contribution < -0.4 is 9.64 Å². The van der Waals surface area contributed by atoms with Gasteiger partial charge in [0.2, 0.25) is 0 Å². The van der Waals surface area contributed by atoms with Gasteiger partial charge in [0.15, 0.2) is 11.6 Å². The number of anilines is 1. The minimum Gasteiger partial charge on any atom is -0.457 e. The second-order valence-electron chi connectivity index (χ2n) is 9.24. The van der Waals surface area contributed by atoms with Crippen molar-refractivity contribution in [1.82, 2.24) is 4.90 Å². The van der Waals surface area contributed by atoms with E-state index in [0.717, 1.165) is 18.2 Å². The molecule has 0 aromatic heterocycles. The smallest absolute Gasteiger partial charge is 0.422 e. The SMILES string of the molecule is O=C(OC1CCN2CCN(c3c([N+](=O)[O-])ccc(Oc4ccccc4F)c3C(F)(F)F)CC12)c1ccccc1. The number of para-hydroxylation sites is 1. The molecular weight excluding hydrogens is 522 g/mol. The summed E-state index contributed by atoms with van der Waals surface area (Å²) in [6.45, 7) is 0.871. The van der Waals surface area contributed by atoms with Crippen LogP contribution in [0.4, 0.5) is 28.9 Å². The number of hydrogen-bond donors (Lipinski definition) is 0. The molecule has 39 heavy (non-hydrogen) atoms. The van der Waals surface area contributed by atoms with Crippen LogP contribution in [-0.2, 0) is 10.9 Å². The second kappa shape index (κ2) is 10.5. The summed E-state index contributed by atoms with van der Waals surface area (Å²) in [5, 5.41) is 11.9. The van der Waals surface area contributed by atoms with Gasteiger partial charge < -0.3 is 14.4 Å². The molecule has 0 saturated carbocycles. The molecular formula is C27H23F4N3O5. The van der Waals surface area contributed by atoms with E-state index in [9.17, 15) is 32.5 Å². The van der Waals surface area contributed by atoms with Gasteiger partial charge in [-0.15, -0.1) is 0 Å². The Kier molecular flexibility index (Phi) is 7.13. The number of alkyl halides is 3. The van der Waals surface area contributed by atoms with E-state index in [1.54, 1.807) is 30.3 Å². The van der Waals surface area contributed by atoms with E-state index >= 15 is 0 Å². The lowest BCUT2D eigenvalue weighted by Gasteiger charge is -2.40. The van der Waals surface area contributed by atoms with Crippen molar-refractivity contribution >= 4 is 17.3 Å². The van der Waals surface area contributed by atoms with Gasteiger partial charge in [0, 0.05) is 32.2 Å². The van der Waals surface area contributed by atoms with E-state index in [1.165, 1.54) is 23.1 Å². The number of rotatable bonds is 6. The Bertz CT molecular complexity index is 1390. The Labute approximate surface area is 220 Å². The molecule has 0 amide bonds. The molecule has 2 unspecified atom stereocenters. The number of hydrogen-bond acceptors (Lipinski definition) is 7. The fourth-order valence-corrected chi connectivity index (χ4v) is 5.12. The molecule has 3 aromatic carbocycles. The van der Waals surface area contributed by atoms with E-state index in [0.29, 0.717) is 25.1 Å². The zero-order valence-corrected chi connectivity index (χ0v) is 20.4. The van der Waals surface area contributed by atoms with Crippen LogP contribution in [0.2, 0.25) is 0 Å². The number of piperazine rings is 1. The number of carbonyl (C=O) groups excluding carboxylic acids is 1. The highest BCUT2D eigenvalue weighted by Crippen LogP contribution is 2.49. The fourth-order valence-electron chi connectivity index (χ4n) is 5.12. The van der Waals surface area contributed by atoms with Crippen molar-refractivity contribution in [2.24, 2.45) is 0 Å². The molecule has 5 rings (SSSR count). The number of halogens is 4. The molecule has 0 aliphatic carbocycles. The molecule has 0 spiro atoms. The number of carbonyl (C=O) groups is 1. The van der Waals surface area contributed by atoms with Gasteiger partial charge >= 0.3 is 12.1 Å². The standard InChI is InChI=1S/C27H23F4N3O5/c28-18-8-4-5-9-21(18)38-23-11-10-19(34(36)37)25(24(23)27(29,30)31)33-15-14-32-13-12-22(20(32)16-33)39-26(35)17-6-2-1-3-7-17/h1-11,20,22H,12-16H2. The summed E-state index contributed by atoms with van der Waals surface area (Å²) in [5.41, 5.74) is -2.45. The Morgan fingerprint density at radius 2 is 1.67 bits per heavy atom. The van der Waals surface area contributed by atoms with Crippen LogP contribution in [0.25, 0.3) is 0 Å². The third-order valence-corrected chi connectivity index (χ3v) is 6.90. The first-order valence-corrected chi connectivity index (χ1v) is 12.2. The van der Waals surface area contributed by atoms with Gasteiger partial charge in [-0.25, -0.2) is 9.18 Å². The van der Waals surface area contributed by atoms with Crippen molar-refractivity contribution in [1.29, 1.82) is 0 Å². The van der Waals surface area contributed by atoms with Crippen molar-refractivity contribution in [3.63, 3.8) is 0 Å². The molecule has 2 aliphatic rings. The van der Waals surface area contributed by atoms with E-state index in [4.69, 9.17) is 9.47 Å². The molecule has 0 N–H and O–H groups in total. The molecule has 2 heterocycles. The minimum atomic E-state index is -5.06. The average molecular weight is 545 g/mol. The van der Waals surface area contributed by atoms with Crippen LogP contribution in [0, 0.1) is 15.9 Å². The van der Waals surface area contributed by atoms with Gasteiger partial charge in [0.05, 0.1) is 16.5 Å². The van der Waals surface area contributed by atoms with Gasteiger partial charge in [-0.05, 0) is 36.8 Å². The van der Waals surface area contributed by atoms with Gasteiger partial charge in [-0.2, -0.15) is 13.2 Å². The first-order chi connectivity index (χ1) is 18.6. The monoisotopic (exact) mass is 545 g/mol. The maximum atomic E-state index is 14.5. The lowest BCUT2D eigenvalue weighted by molar-refractivity contribution is -0.384. The number of nitro groups is 1. The minimum absolute atomic E-state index is 0.0557. The molecule has 12 heteroatoms. The van der Waals surface area contributed by atoms with E-state index in [1.807, 2.05) is 4.90 Å². The van der Waals surface area contributed by atoms with Gasteiger partial charge in [-0.3, -0.25) is 15.0 Å². The summed E-state index contributed by atoms with van der Waals surface area (Å²) in [4.78, 5) is 27.0. The van der Waals surface area contributed by atoms with Crippen molar-refractivity contribution in [2.45, 2.75) is 24.7 Å². The van der Waals surface area contributed by atoms with Crippen LogP contribution >= 0.6 is 0 Å². The number of benzene rings is 3. The maximum Gasteiger partial charge on any atom is 0.422 e. The van der Waals surface area contributed by atoms with E-state index < -0.39 is 63.5 Å². The van der Waals surface area contributed by atoms with Crippen LogP contribution in [0.15, 0.2) is 66.7 Å².